The molecule has 0 saturated carbocycles. The van der Waals surface area contributed by atoms with Crippen molar-refractivity contribution >= 4 is 6.09 Å². The summed E-state index contributed by atoms with van der Waals surface area (Å²) in [5, 5.41) is 13.1. The van der Waals surface area contributed by atoms with Crippen molar-refractivity contribution < 1.29 is 14.1 Å². The van der Waals surface area contributed by atoms with Crippen LogP contribution in [0.3, 0.4) is 0 Å². The number of piperidine rings is 1. The van der Waals surface area contributed by atoms with Gasteiger partial charge in [-0.05, 0) is 52.3 Å². The summed E-state index contributed by atoms with van der Waals surface area (Å²) >= 11 is 0. The van der Waals surface area contributed by atoms with Gasteiger partial charge in [0.2, 0.25) is 0 Å². The monoisotopic (exact) mass is 412 g/mol. The number of carbonyl (C=O) groups excluding carboxylic acids is 1. The number of carbonyl (C=O) groups is 1. The molecule has 160 valence electrons. The van der Waals surface area contributed by atoms with Gasteiger partial charge in [0, 0.05) is 30.9 Å². The summed E-state index contributed by atoms with van der Waals surface area (Å²) in [5.41, 5.74) is 0.496. The van der Waals surface area contributed by atoms with E-state index >= 15 is 0 Å². The fraction of sp³-hybridized carbons (Fsp3) is 0.571. The Balaban J connectivity index is 1.58. The number of nitriles is 1. The molecule has 0 aromatic carbocycles. The Labute approximate surface area is 176 Å². The number of aromatic nitrogens is 3. The molecular formula is C21H28N6O3. The number of pyridine rings is 1. The van der Waals surface area contributed by atoms with Crippen molar-refractivity contribution in [2.75, 3.05) is 19.6 Å². The Morgan fingerprint density at radius 1 is 1.40 bits per heavy atom. The molecule has 2 aromatic heterocycles. The van der Waals surface area contributed by atoms with Crippen molar-refractivity contribution in [2.45, 2.75) is 58.7 Å². The zero-order valence-electron chi connectivity index (χ0n) is 18.0. The summed E-state index contributed by atoms with van der Waals surface area (Å²) in [6.07, 6.45) is 3.04. The molecule has 1 aliphatic rings. The highest BCUT2D eigenvalue weighted by atomic mass is 16.6. The van der Waals surface area contributed by atoms with E-state index in [0.717, 1.165) is 19.4 Å². The fourth-order valence-corrected chi connectivity index (χ4v) is 3.48. The third-order valence-electron chi connectivity index (χ3n) is 4.97. The van der Waals surface area contributed by atoms with E-state index in [4.69, 9.17) is 14.5 Å². The molecule has 0 unspecified atom stereocenters. The van der Waals surface area contributed by atoms with Gasteiger partial charge < -0.3 is 14.2 Å². The summed E-state index contributed by atoms with van der Waals surface area (Å²) in [5.74, 6) is 0.969. The minimum atomic E-state index is -0.484. The lowest BCUT2D eigenvalue weighted by atomic mass is 10.0. The van der Waals surface area contributed by atoms with E-state index in [1.165, 1.54) is 0 Å². The fourth-order valence-electron chi connectivity index (χ4n) is 3.48. The topological polar surface area (TPSA) is 108 Å². The van der Waals surface area contributed by atoms with Crippen molar-refractivity contribution in [3.63, 3.8) is 0 Å². The highest BCUT2D eigenvalue weighted by Gasteiger charge is 2.29. The summed E-state index contributed by atoms with van der Waals surface area (Å²) in [7, 11) is 0. The predicted octanol–water partition coefficient (Wildman–Crippen LogP) is 3.22. The molecule has 0 spiro atoms. The molecule has 0 bridgehead atoms. The van der Waals surface area contributed by atoms with Gasteiger partial charge in [-0.3, -0.25) is 4.90 Å². The second-order valence-electron chi connectivity index (χ2n) is 8.32. The van der Waals surface area contributed by atoms with Crippen LogP contribution < -0.4 is 0 Å². The summed E-state index contributed by atoms with van der Waals surface area (Å²) in [6.45, 7) is 10.5. The standard InChI is InChI=1S/C21H28N6O3/c1-5-26(17-7-10-27(11-8-17)20(28)29-21(2,3)4)14-18-24-19(30-25-18)15-6-9-23-16(12-15)13-22/h6,9,12,17H,5,7-8,10-11,14H2,1-4H3. The molecule has 3 heterocycles. The lowest BCUT2D eigenvalue weighted by Crippen LogP contribution is -2.47. The predicted molar refractivity (Wildman–Crippen MR) is 109 cm³/mol. The van der Waals surface area contributed by atoms with Crippen molar-refractivity contribution in [1.82, 2.24) is 24.9 Å². The molecule has 0 atom stereocenters. The van der Waals surface area contributed by atoms with E-state index in [1.807, 2.05) is 26.8 Å². The molecule has 9 heteroatoms. The minimum Gasteiger partial charge on any atom is -0.444 e. The first kappa shape index (κ1) is 21.7. The molecular weight excluding hydrogens is 384 g/mol. The highest BCUT2D eigenvalue weighted by Crippen LogP contribution is 2.22. The van der Waals surface area contributed by atoms with Crippen molar-refractivity contribution in [1.29, 1.82) is 5.26 Å². The van der Waals surface area contributed by atoms with Crippen LogP contribution in [-0.4, -0.2) is 62.3 Å². The highest BCUT2D eigenvalue weighted by molar-refractivity contribution is 5.68. The van der Waals surface area contributed by atoms with Crippen LogP contribution in [-0.2, 0) is 11.3 Å². The molecule has 9 nitrogen and oxygen atoms in total. The maximum absolute atomic E-state index is 12.3. The molecule has 30 heavy (non-hydrogen) atoms. The van der Waals surface area contributed by atoms with Crippen LogP contribution in [0.5, 0.6) is 0 Å². The van der Waals surface area contributed by atoms with Crippen LogP contribution in [0.25, 0.3) is 11.5 Å². The van der Waals surface area contributed by atoms with Crippen LogP contribution in [0.2, 0.25) is 0 Å². The zero-order valence-corrected chi connectivity index (χ0v) is 18.0. The Kier molecular flexibility index (Phi) is 6.67. The second-order valence-corrected chi connectivity index (χ2v) is 8.32. The smallest absolute Gasteiger partial charge is 0.410 e. The lowest BCUT2D eigenvalue weighted by molar-refractivity contribution is 0.0139. The Bertz CT molecular complexity index is 906. The van der Waals surface area contributed by atoms with Gasteiger partial charge in [0.05, 0.1) is 6.54 Å². The van der Waals surface area contributed by atoms with Crippen LogP contribution in [0, 0.1) is 11.3 Å². The molecule has 0 aliphatic carbocycles. The van der Waals surface area contributed by atoms with Gasteiger partial charge in [-0.2, -0.15) is 10.2 Å². The van der Waals surface area contributed by atoms with Gasteiger partial charge in [-0.25, -0.2) is 9.78 Å². The molecule has 2 aromatic rings. The maximum atomic E-state index is 12.3. The number of rotatable bonds is 5. The molecule has 1 amide bonds. The number of amides is 1. The Hall–Kier alpha value is -2.99. The first-order valence-corrected chi connectivity index (χ1v) is 10.2. The summed E-state index contributed by atoms with van der Waals surface area (Å²) in [4.78, 5) is 24.8. The number of hydrogen-bond acceptors (Lipinski definition) is 8. The van der Waals surface area contributed by atoms with E-state index in [2.05, 4.69) is 26.9 Å². The normalized spacial score (nSPS) is 15.3. The molecule has 0 radical (unpaired) electrons. The van der Waals surface area contributed by atoms with Crippen LogP contribution in [0.1, 0.15) is 52.1 Å². The van der Waals surface area contributed by atoms with E-state index in [1.54, 1.807) is 23.2 Å². The minimum absolute atomic E-state index is 0.249. The van der Waals surface area contributed by atoms with Crippen LogP contribution >= 0.6 is 0 Å². The first-order chi connectivity index (χ1) is 14.3. The molecule has 1 fully saturated rings. The average Bonchev–Trinajstić information content (AvgIpc) is 3.19. The van der Waals surface area contributed by atoms with Gasteiger partial charge in [0.15, 0.2) is 5.82 Å². The maximum Gasteiger partial charge on any atom is 0.410 e. The summed E-state index contributed by atoms with van der Waals surface area (Å²) in [6, 6.07) is 5.71. The quantitative estimate of drug-likeness (QED) is 0.736. The molecule has 1 aliphatic heterocycles. The SMILES string of the molecule is CCN(Cc1noc(-c2ccnc(C#N)c2)n1)C1CCN(C(=O)OC(C)(C)C)CC1. The molecule has 3 rings (SSSR count). The zero-order chi connectivity index (χ0) is 21.7. The first-order valence-electron chi connectivity index (χ1n) is 10.2. The van der Waals surface area contributed by atoms with E-state index in [9.17, 15) is 4.79 Å². The Morgan fingerprint density at radius 3 is 2.77 bits per heavy atom. The molecule has 0 N–H and O–H groups in total. The Morgan fingerprint density at radius 2 is 2.13 bits per heavy atom. The van der Waals surface area contributed by atoms with E-state index in [0.29, 0.717) is 48.6 Å². The van der Waals surface area contributed by atoms with Crippen molar-refractivity contribution in [3.05, 3.63) is 29.8 Å². The van der Waals surface area contributed by atoms with Crippen LogP contribution in [0.4, 0.5) is 4.79 Å². The van der Waals surface area contributed by atoms with Gasteiger partial charge in [-0.1, -0.05) is 12.1 Å². The number of nitrogens with zero attached hydrogens (tertiary/aromatic N) is 6. The number of likely N-dealkylation sites (tertiary alicyclic amines) is 1. The van der Waals surface area contributed by atoms with Gasteiger partial charge in [-0.15, -0.1) is 0 Å². The lowest BCUT2D eigenvalue weighted by Gasteiger charge is -2.38. The number of hydrogen-bond donors (Lipinski definition) is 0. The van der Waals surface area contributed by atoms with Crippen LogP contribution in [0.15, 0.2) is 22.9 Å². The van der Waals surface area contributed by atoms with Crippen molar-refractivity contribution in [3.8, 4) is 17.5 Å². The second kappa shape index (κ2) is 9.22. The summed E-state index contributed by atoms with van der Waals surface area (Å²) < 4.78 is 10.9. The van der Waals surface area contributed by atoms with E-state index < -0.39 is 5.60 Å². The van der Waals surface area contributed by atoms with Gasteiger partial charge in [0.1, 0.15) is 17.4 Å². The third-order valence-corrected chi connectivity index (χ3v) is 4.97. The van der Waals surface area contributed by atoms with Gasteiger partial charge >= 0.3 is 6.09 Å². The average molecular weight is 412 g/mol. The molecule has 1 saturated heterocycles. The van der Waals surface area contributed by atoms with E-state index in [-0.39, 0.29) is 6.09 Å². The third kappa shape index (κ3) is 5.54. The number of ether oxygens (including phenoxy) is 1. The largest absolute Gasteiger partial charge is 0.444 e. The van der Waals surface area contributed by atoms with Crippen molar-refractivity contribution in [2.24, 2.45) is 0 Å². The van der Waals surface area contributed by atoms with Gasteiger partial charge in [0.25, 0.3) is 5.89 Å².